The van der Waals surface area contributed by atoms with Gasteiger partial charge in [-0.2, -0.15) is 0 Å². The molecule has 0 aliphatic heterocycles. The Kier molecular flexibility index (Phi) is 5.66. The summed E-state index contributed by atoms with van der Waals surface area (Å²) in [7, 11) is 1.62. The highest BCUT2D eigenvalue weighted by molar-refractivity contribution is 5.93. The monoisotopic (exact) mass is 236 g/mol. The molecule has 0 spiro atoms. The average Bonchev–Trinajstić information content (AvgIpc) is 2.34. The van der Waals surface area contributed by atoms with Crippen molar-refractivity contribution < 1.29 is 9.90 Å². The Bertz CT molecular complexity index is 347. The first-order valence-electron chi connectivity index (χ1n) is 5.83. The van der Waals surface area contributed by atoms with Crippen molar-refractivity contribution >= 4 is 5.91 Å². The topological polar surface area (TPSA) is 61.4 Å². The van der Waals surface area contributed by atoms with Gasteiger partial charge in [0, 0.05) is 19.2 Å². The molecular weight excluding hydrogens is 216 g/mol. The molecule has 0 fully saturated rings. The number of rotatable bonds is 6. The first kappa shape index (κ1) is 13.7. The lowest BCUT2D eigenvalue weighted by atomic mass is 10.1. The van der Waals surface area contributed by atoms with Crippen LogP contribution in [0.4, 0.5) is 0 Å². The van der Waals surface area contributed by atoms with Gasteiger partial charge in [-0.15, -0.1) is 0 Å². The van der Waals surface area contributed by atoms with Crippen molar-refractivity contribution in [3.8, 4) is 0 Å². The Balaban J connectivity index is 2.38. The van der Waals surface area contributed by atoms with Crippen molar-refractivity contribution in [1.82, 2.24) is 10.6 Å². The largest absolute Gasteiger partial charge is 0.393 e. The maximum Gasteiger partial charge on any atom is 0.251 e. The second-order valence-corrected chi connectivity index (χ2v) is 4.09. The van der Waals surface area contributed by atoms with Crippen LogP contribution in [0, 0.1) is 0 Å². The summed E-state index contributed by atoms with van der Waals surface area (Å²) in [5.41, 5.74) is 1.79. The number of aliphatic hydroxyl groups excluding tert-OH is 1. The maximum atomic E-state index is 11.3. The van der Waals surface area contributed by atoms with Crippen LogP contribution in [0.3, 0.4) is 0 Å². The molecule has 3 N–H and O–H groups in total. The Morgan fingerprint density at radius 2 is 2.00 bits per heavy atom. The molecule has 0 aliphatic carbocycles. The molecule has 0 heterocycles. The molecule has 1 amide bonds. The first-order valence-corrected chi connectivity index (χ1v) is 5.83. The number of carbonyl (C=O) groups is 1. The lowest BCUT2D eigenvalue weighted by Gasteiger charge is -2.07. The Labute approximate surface area is 102 Å². The predicted molar refractivity (Wildman–Crippen MR) is 67.8 cm³/mol. The minimum atomic E-state index is -0.266. The summed E-state index contributed by atoms with van der Waals surface area (Å²) < 4.78 is 0. The summed E-state index contributed by atoms with van der Waals surface area (Å²) >= 11 is 0. The number of hydrogen-bond donors (Lipinski definition) is 3. The summed E-state index contributed by atoms with van der Waals surface area (Å²) in [6.45, 7) is 3.31. The van der Waals surface area contributed by atoms with E-state index in [2.05, 4.69) is 10.6 Å². The Morgan fingerprint density at radius 3 is 2.53 bits per heavy atom. The van der Waals surface area contributed by atoms with E-state index in [9.17, 15) is 4.79 Å². The van der Waals surface area contributed by atoms with Gasteiger partial charge in [0.25, 0.3) is 5.91 Å². The number of amides is 1. The highest BCUT2D eigenvalue weighted by Crippen LogP contribution is 2.04. The molecule has 1 aromatic carbocycles. The van der Waals surface area contributed by atoms with Gasteiger partial charge in [-0.05, 0) is 37.6 Å². The van der Waals surface area contributed by atoms with Gasteiger partial charge >= 0.3 is 0 Å². The molecule has 1 unspecified atom stereocenters. The molecule has 1 aromatic rings. The van der Waals surface area contributed by atoms with Crippen molar-refractivity contribution in [2.75, 3.05) is 13.6 Å². The highest BCUT2D eigenvalue weighted by Gasteiger charge is 2.02. The molecule has 0 aliphatic rings. The first-order chi connectivity index (χ1) is 8.13. The minimum absolute atomic E-state index is 0.0707. The standard InChI is InChI=1S/C13H20N2O2/c1-10(16)7-8-15-9-11-3-5-12(6-4-11)13(17)14-2/h3-6,10,15-16H,7-9H2,1-2H3,(H,14,17). The van der Waals surface area contributed by atoms with Crippen LogP contribution in [0.25, 0.3) is 0 Å². The van der Waals surface area contributed by atoms with Crippen LogP contribution in [0.15, 0.2) is 24.3 Å². The second kappa shape index (κ2) is 7.04. The van der Waals surface area contributed by atoms with E-state index < -0.39 is 0 Å². The highest BCUT2D eigenvalue weighted by atomic mass is 16.3. The van der Waals surface area contributed by atoms with Gasteiger partial charge in [-0.25, -0.2) is 0 Å². The molecule has 1 atom stereocenters. The number of nitrogens with one attached hydrogen (secondary N) is 2. The zero-order chi connectivity index (χ0) is 12.7. The van der Waals surface area contributed by atoms with Crippen LogP contribution in [-0.2, 0) is 6.54 Å². The van der Waals surface area contributed by atoms with Crippen LogP contribution in [-0.4, -0.2) is 30.7 Å². The molecule has 0 saturated heterocycles. The second-order valence-electron chi connectivity index (χ2n) is 4.09. The molecular formula is C13H20N2O2. The van der Waals surface area contributed by atoms with E-state index in [0.717, 1.165) is 25.1 Å². The van der Waals surface area contributed by atoms with Crippen molar-refractivity contribution in [2.24, 2.45) is 0 Å². The quantitative estimate of drug-likeness (QED) is 0.643. The van der Waals surface area contributed by atoms with Crippen LogP contribution >= 0.6 is 0 Å². The zero-order valence-electron chi connectivity index (χ0n) is 10.4. The van der Waals surface area contributed by atoms with Crippen LogP contribution in [0.5, 0.6) is 0 Å². The van der Waals surface area contributed by atoms with E-state index in [-0.39, 0.29) is 12.0 Å². The number of benzene rings is 1. The normalized spacial score (nSPS) is 12.2. The third-order valence-corrected chi connectivity index (χ3v) is 2.51. The summed E-state index contributed by atoms with van der Waals surface area (Å²) in [4.78, 5) is 11.3. The molecule has 0 aromatic heterocycles. The molecule has 0 saturated carbocycles. The van der Waals surface area contributed by atoms with Crippen LogP contribution in [0.2, 0.25) is 0 Å². The van der Waals surface area contributed by atoms with Gasteiger partial charge in [0.2, 0.25) is 0 Å². The zero-order valence-corrected chi connectivity index (χ0v) is 10.4. The molecule has 17 heavy (non-hydrogen) atoms. The van der Waals surface area contributed by atoms with E-state index >= 15 is 0 Å². The van der Waals surface area contributed by atoms with E-state index in [1.54, 1.807) is 14.0 Å². The molecule has 1 rings (SSSR count). The SMILES string of the molecule is CNC(=O)c1ccc(CNCCC(C)O)cc1. The molecule has 0 bridgehead atoms. The van der Waals surface area contributed by atoms with Gasteiger partial charge in [-0.1, -0.05) is 12.1 Å². The van der Waals surface area contributed by atoms with Gasteiger partial charge in [0.15, 0.2) is 0 Å². The number of aliphatic hydroxyl groups is 1. The third-order valence-electron chi connectivity index (χ3n) is 2.51. The molecule has 0 radical (unpaired) electrons. The minimum Gasteiger partial charge on any atom is -0.393 e. The molecule has 94 valence electrons. The van der Waals surface area contributed by atoms with E-state index in [4.69, 9.17) is 5.11 Å². The Morgan fingerprint density at radius 1 is 1.35 bits per heavy atom. The summed E-state index contributed by atoms with van der Waals surface area (Å²) in [5.74, 6) is -0.0707. The smallest absolute Gasteiger partial charge is 0.251 e. The fourth-order valence-corrected chi connectivity index (χ4v) is 1.46. The average molecular weight is 236 g/mol. The van der Waals surface area contributed by atoms with Crippen LogP contribution < -0.4 is 10.6 Å². The van der Waals surface area contributed by atoms with E-state index in [1.807, 2.05) is 24.3 Å². The predicted octanol–water partition coefficient (Wildman–Crippen LogP) is 0.907. The number of carbonyl (C=O) groups excluding carboxylic acids is 1. The summed E-state index contributed by atoms with van der Waals surface area (Å²) in [5, 5.41) is 14.9. The van der Waals surface area contributed by atoms with Crippen molar-refractivity contribution in [3.63, 3.8) is 0 Å². The van der Waals surface area contributed by atoms with Crippen molar-refractivity contribution in [3.05, 3.63) is 35.4 Å². The summed E-state index contributed by atoms with van der Waals surface area (Å²) in [6, 6.07) is 7.48. The van der Waals surface area contributed by atoms with Gasteiger partial charge < -0.3 is 15.7 Å². The fourth-order valence-electron chi connectivity index (χ4n) is 1.46. The van der Waals surface area contributed by atoms with E-state index in [0.29, 0.717) is 5.56 Å². The van der Waals surface area contributed by atoms with Gasteiger partial charge in [-0.3, -0.25) is 4.79 Å². The van der Waals surface area contributed by atoms with Gasteiger partial charge in [0.1, 0.15) is 0 Å². The van der Waals surface area contributed by atoms with Gasteiger partial charge in [0.05, 0.1) is 6.10 Å². The van der Waals surface area contributed by atoms with E-state index in [1.165, 1.54) is 0 Å². The third kappa shape index (κ3) is 4.97. The van der Waals surface area contributed by atoms with Crippen molar-refractivity contribution in [1.29, 1.82) is 0 Å². The molecule has 4 heteroatoms. The maximum absolute atomic E-state index is 11.3. The number of hydrogen-bond acceptors (Lipinski definition) is 3. The Hall–Kier alpha value is -1.39. The van der Waals surface area contributed by atoms with Crippen molar-refractivity contribution in [2.45, 2.75) is 26.0 Å². The van der Waals surface area contributed by atoms with Crippen LogP contribution in [0.1, 0.15) is 29.3 Å². The lowest BCUT2D eigenvalue weighted by Crippen LogP contribution is -2.19. The lowest BCUT2D eigenvalue weighted by molar-refractivity contribution is 0.0963. The molecule has 4 nitrogen and oxygen atoms in total. The summed E-state index contributed by atoms with van der Waals surface area (Å²) in [6.07, 6.45) is 0.481. The fraction of sp³-hybridized carbons (Fsp3) is 0.462.